The topological polar surface area (TPSA) is 55.8 Å². The molecular weight excluding hydrogens is 208 g/mol. The minimum Gasteiger partial charge on any atom is -0.436 e. The molecule has 0 aromatic rings. The highest BCUT2D eigenvalue weighted by Crippen LogP contribution is 2.44. The minimum atomic E-state index is -0.502. The number of hydrogen-bond donors (Lipinski definition) is 1. The van der Waals surface area contributed by atoms with Gasteiger partial charge in [-0.25, -0.2) is 0 Å². The normalized spacial score (nSPS) is 37.7. The first kappa shape index (κ1) is 11.6. The van der Waals surface area contributed by atoms with Crippen LogP contribution in [0.2, 0.25) is 0 Å². The number of ether oxygens (including phenoxy) is 2. The van der Waals surface area contributed by atoms with Crippen LogP contribution in [-0.2, 0) is 14.3 Å². The molecule has 4 nitrogen and oxygen atoms in total. The molecule has 16 heavy (non-hydrogen) atoms. The maximum atomic E-state index is 11.8. The Balaban J connectivity index is 1.90. The molecule has 1 saturated carbocycles. The second-order valence-electron chi connectivity index (χ2n) is 4.42. The highest BCUT2D eigenvalue weighted by Gasteiger charge is 2.47. The van der Waals surface area contributed by atoms with E-state index in [1.165, 1.54) is 0 Å². The maximum absolute atomic E-state index is 11.8. The Kier molecular flexibility index (Phi) is 3.30. The Hall–Kier alpha value is -0.870. The van der Waals surface area contributed by atoms with Crippen molar-refractivity contribution in [2.24, 2.45) is 17.8 Å². The lowest BCUT2D eigenvalue weighted by Crippen LogP contribution is -2.28. The Bertz CT molecular complexity index is 299. The third-order valence-corrected chi connectivity index (χ3v) is 3.39. The Morgan fingerprint density at radius 3 is 2.81 bits per heavy atom. The molecule has 0 radical (unpaired) electrons. The number of rotatable bonds is 4. The number of carbonyl (C=O) groups is 1. The van der Waals surface area contributed by atoms with Crippen LogP contribution >= 0.6 is 0 Å². The summed E-state index contributed by atoms with van der Waals surface area (Å²) in [6, 6.07) is 0. The van der Waals surface area contributed by atoms with Gasteiger partial charge in [0, 0.05) is 18.4 Å². The lowest BCUT2D eigenvalue weighted by molar-refractivity contribution is -0.179. The van der Waals surface area contributed by atoms with Gasteiger partial charge in [0.05, 0.1) is 12.0 Å². The van der Waals surface area contributed by atoms with E-state index < -0.39 is 12.4 Å². The van der Waals surface area contributed by atoms with Gasteiger partial charge in [0.1, 0.15) is 0 Å². The van der Waals surface area contributed by atoms with E-state index in [4.69, 9.17) is 9.47 Å². The van der Waals surface area contributed by atoms with E-state index >= 15 is 0 Å². The Morgan fingerprint density at radius 1 is 1.56 bits per heavy atom. The Morgan fingerprint density at radius 2 is 2.31 bits per heavy atom. The maximum Gasteiger partial charge on any atom is 0.311 e. The van der Waals surface area contributed by atoms with Crippen molar-refractivity contribution in [3.63, 3.8) is 0 Å². The van der Waals surface area contributed by atoms with Crippen LogP contribution in [0.15, 0.2) is 12.2 Å². The second kappa shape index (κ2) is 4.55. The lowest BCUT2D eigenvalue weighted by Gasteiger charge is -2.20. The van der Waals surface area contributed by atoms with Crippen molar-refractivity contribution < 1.29 is 19.4 Å². The summed E-state index contributed by atoms with van der Waals surface area (Å²) >= 11 is 0. The summed E-state index contributed by atoms with van der Waals surface area (Å²) in [5.41, 5.74) is 0. The third kappa shape index (κ3) is 1.99. The standard InChI is InChI=1S/C12H18O4/c1-3-15-7(2)16-12(14)10-6-8-4-5-9(10)11(8)13/h4-5,7-11,13H,3,6H2,1-2H3. The van der Waals surface area contributed by atoms with Gasteiger partial charge in [-0.2, -0.15) is 0 Å². The van der Waals surface area contributed by atoms with E-state index in [2.05, 4.69) is 0 Å². The smallest absolute Gasteiger partial charge is 0.311 e. The predicted molar refractivity (Wildman–Crippen MR) is 57.4 cm³/mol. The van der Waals surface area contributed by atoms with E-state index in [0.717, 1.165) is 0 Å². The number of fused-ring (bicyclic) bond motifs is 2. The fourth-order valence-electron chi connectivity index (χ4n) is 2.60. The number of aliphatic hydroxyl groups excluding tert-OH is 1. The van der Waals surface area contributed by atoms with E-state index in [9.17, 15) is 9.90 Å². The third-order valence-electron chi connectivity index (χ3n) is 3.39. The zero-order valence-corrected chi connectivity index (χ0v) is 9.63. The molecule has 90 valence electrons. The molecule has 0 heterocycles. The van der Waals surface area contributed by atoms with Crippen LogP contribution in [0, 0.1) is 17.8 Å². The largest absolute Gasteiger partial charge is 0.436 e. The van der Waals surface area contributed by atoms with E-state index in [1.807, 2.05) is 19.1 Å². The number of hydrogen-bond acceptors (Lipinski definition) is 4. The van der Waals surface area contributed by atoms with Gasteiger partial charge >= 0.3 is 5.97 Å². The molecule has 2 aliphatic carbocycles. The van der Waals surface area contributed by atoms with Crippen LogP contribution < -0.4 is 0 Å². The first-order valence-electron chi connectivity index (χ1n) is 5.82. The molecule has 0 aliphatic heterocycles. The molecule has 0 saturated heterocycles. The first-order valence-corrected chi connectivity index (χ1v) is 5.82. The molecule has 5 unspecified atom stereocenters. The highest BCUT2D eigenvalue weighted by molar-refractivity contribution is 5.74. The average molecular weight is 226 g/mol. The summed E-state index contributed by atoms with van der Waals surface area (Å²) in [5.74, 6) is -0.388. The fraction of sp³-hybridized carbons (Fsp3) is 0.750. The van der Waals surface area contributed by atoms with E-state index in [0.29, 0.717) is 13.0 Å². The SMILES string of the molecule is CCOC(C)OC(=O)C1CC2C=CC1C2O. The van der Waals surface area contributed by atoms with Crippen LogP contribution in [0.1, 0.15) is 20.3 Å². The zero-order chi connectivity index (χ0) is 11.7. The molecule has 2 rings (SSSR count). The second-order valence-corrected chi connectivity index (χ2v) is 4.42. The fourth-order valence-corrected chi connectivity index (χ4v) is 2.60. The molecule has 0 amide bonds. The molecule has 2 aliphatic rings. The van der Waals surface area contributed by atoms with Crippen LogP contribution in [0.4, 0.5) is 0 Å². The van der Waals surface area contributed by atoms with Crippen molar-refractivity contribution in [3.05, 3.63) is 12.2 Å². The molecule has 0 aromatic carbocycles. The molecular formula is C12H18O4. The highest BCUT2D eigenvalue weighted by atomic mass is 16.7. The zero-order valence-electron chi connectivity index (χ0n) is 9.63. The minimum absolute atomic E-state index is 0.0636. The van der Waals surface area contributed by atoms with Crippen molar-refractivity contribution in [2.45, 2.75) is 32.7 Å². The summed E-state index contributed by atoms with van der Waals surface area (Å²) in [4.78, 5) is 11.8. The average Bonchev–Trinajstić information content (AvgIpc) is 2.74. The van der Waals surface area contributed by atoms with Gasteiger partial charge in [-0.3, -0.25) is 4.79 Å². The van der Waals surface area contributed by atoms with Gasteiger partial charge in [-0.1, -0.05) is 12.2 Å². The summed E-state index contributed by atoms with van der Waals surface area (Å²) in [6.45, 7) is 4.09. The summed E-state index contributed by atoms with van der Waals surface area (Å²) in [7, 11) is 0. The lowest BCUT2D eigenvalue weighted by atomic mass is 9.94. The van der Waals surface area contributed by atoms with Gasteiger partial charge in [0.2, 0.25) is 0 Å². The molecule has 1 N–H and O–H groups in total. The van der Waals surface area contributed by atoms with Crippen LogP contribution in [0.3, 0.4) is 0 Å². The van der Waals surface area contributed by atoms with Crippen LogP contribution in [-0.4, -0.2) is 30.1 Å². The van der Waals surface area contributed by atoms with Gasteiger partial charge < -0.3 is 14.6 Å². The van der Waals surface area contributed by atoms with Gasteiger partial charge in [0.15, 0.2) is 6.29 Å². The first-order chi connectivity index (χ1) is 7.63. The van der Waals surface area contributed by atoms with E-state index in [-0.39, 0.29) is 23.7 Å². The Labute approximate surface area is 95.2 Å². The molecule has 5 atom stereocenters. The molecule has 0 spiro atoms. The predicted octanol–water partition coefficient (Wildman–Crippen LogP) is 1.10. The van der Waals surface area contributed by atoms with Crippen molar-refractivity contribution in [3.8, 4) is 0 Å². The monoisotopic (exact) mass is 226 g/mol. The molecule has 0 aromatic heterocycles. The summed E-state index contributed by atoms with van der Waals surface area (Å²) in [5, 5.41) is 9.78. The van der Waals surface area contributed by atoms with Crippen LogP contribution in [0.5, 0.6) is 0 Å². The van der Waals surface area contributed by atoms with E-state index in [1.54, 1.807) is 6.92 Å². The quantitative estimate of drug-likeness (QED) is 0.443. The number of carbonyl (C=O) groups excluding carboxylic acids is 1. The van der Waals surface area contributed by atoms with Crippen molar-refractivity contribution in [1.29, 1.82) is 0 Å². The van der Waals surface area contributed by atoms with Gasteiger partial charge in [-0.05, 0) is 20.3 Å². The van der Waals surface area contributed by atoms with Gasteiger partial charge in [-0.15, -0.1) is 0 Å². The van der Waals surface area contributed by atoms with Crippen molar-refractivity contribution in [2.75, 3.05) is 6.61 Å². The molecule has 4 heteroatoms. The van der Waals surface area contributed by atoms with Gasteiger partial charge in [0.25, 0.3) is 0 Å². The van der Waals surface area contributed by atoms with Crippen LogP contribution in [0.25, 0.3) is 0 Å². The molecule has 2 bridgehead atoms. The summed E-state index contributed by atoms with van der Waals surface area (Å²) < 4.78 is 10.3. The number of esters is 1. The summed E-state index contributed by atoms with van der Waals surface area (Å²) in [6.07, 6.45) is 3.71. The van der Waals surface area contributed by atoms with Crippen molar-refractivity contribution in [1.82, 2.24) is 0 Å². The number of aliphatic hydroxyl groups is 1. The molecule has 1 fully saturated rings. The van der Waals surface area contributed by atoms with Crippen molar-refractivity contribution >= 4 is 5.97 Å².